The van der Waals surface area contributed by atoms with Crippen LogP contribution in [-0.2, 0) is 11.0 Å². The fourth-order valence-corrected chi connectivity index (χ4v) is 1.34. The molecule has 1 nitrogen and oxygen atoms in total. The molecule has 0 N–H and O–H groups in total. The minimum atomic E-state index is -0.763. The van der Waals surface area contributed by atoms with Gasteiger partial charge in [0.2, 0.25) is 9.04 Å². The van der Waals surface area contributed by atoms with Gasteiger partial charge in [0.1, 0.15) is 0 Å². The molecule has 0 bridgehead atoms. The van der Waals surface area contributed by atoms with Crippen LogP contribution in [0.5, 0.6) is 0 Å². The molecule has 1 aromatic carbocycles. The SMILES string of the molecule is C=C[Si](C)OCc1ccccc1. The second kappa shape index (κ2) is 4.90. The fourth-order valence-electron chi connectivity index (χ4n) is 0.830. The molecule has 0 heterocycles. The summed E-state index contributed by atoms with van der Waals surface area (Å²) in [6.07, 6.45) is 0. The molecule has 0 saturated carbocycles. The molecule has 0 aliphatic heterocycles. The molecule has 0 amide bonds. The minimum absolute atomic E-state index is 0.706. The van der Waals surface area contributed by atoms with E-state index >= 15 is 0 Å². The fraction of sp³-hybridized carbons (Fsp3) is 0.200. The summed E-state index contributed by atoms with van der Waals surface area (Å²) in [5.74, 6) is 0. The molecular formula is C10H13OSi. The average molecular weight is 177 g/mol. The van der Waals surface area contributed by atoms with Crippen LogP contribution >= 0.6 is 0 Å². The summed E-state index contributed by atoms with van der Waals surface area (Å²) in [6.45, 7) is 6.48. The lowest BCUT2D eigenvalue weighted by Crippen LogP contribution is -2.09. The summed E-state index contributed by atoms with van der Waals surface area (Å²) >= 11 is 0. The van der Waals surface area contributed by atoms with E-state index in [1.807, 2.05) is 23.9 Å². The van der Waals surface area contributed by atoms with Gasteiger partial charge in [-0.05, 0) is 12.1 Å². The van der Waals surface area contributed by atoms with E-state index in [1.165, 1.54) is 5.56 Å². The topological polar surface area (TPSA) is 9.23 Å². The van der Waals surface area contributed by atoms with Crippen molar-refractivity contribution in [2.45, 2.75) is 13.2 Å². The van der Waals surface area contributed by atoms with Crippen LogP contribution in [0.15, 0.2) is 42.6 Å². The lowest BCUT2D eigenvalue weighted by Gasteiger charge is -2.05. The molecule has 1 radical (unpaired) electrons. The molecule has 1 aromatic rings. The Morgan fingerprint density at radius 1 is 1.42 bits per heavy atom. The average Bonchev–Trinajstić information content (AvgIpc) is 2.16. The first-order chi connectivity index (χ1) is 5.83. The van der Waals surface area contributed by atoms with Crippen LogP contribution in [0.1, 0.15) is 5.56 Å². The van der Waals surface area contributed by atoms with E-state index < -0.39 is 9.04 Å². The van der Waals surface area contributed by atoms with Gasteiger partial charge in [0.15, 0.2) is 0 Å². The normalized spacial score (nSPS) is 10.2. The van der Waals surface area contributed by atoms with E-state index in [1.54, 1.807) is 0 Å². The van der Waals surface area contributed by atoms with Crippen LogP contribution in [0.25, 0.3) is 0 Å². The molecule has 2 heteroatoms. The quantitative estimate of drug-likeness (QED) is 0.642. The summed E-state index contributed by atoms with van der Waals surface area (Å²) in [5, 5.41) is 0. The third-order valence-electron chi connectivity index (χ3n) is 1.60. The third-order valence-corrected chi connectivity index (χ3v) is 2.77. The molecule has 0 aliphatic carbocycles. The van der Waals surface area contributed by atoms with Gasteiger partial charge < -0.3 is 4.43 Å². The maximum Gasteiger partial charge on any atom is 0.235 e. The lowest BCUT2D eigenvalue weighted by molar-refractivity contribution is 0.317. The first-order valence-corrected chi connectivity index (χ1v) is 5.94. The smallest absolute Gasteiger partial charge is 0.235 e. The Labute approximate surface area is 75.4 Å². The first kappa shape index (κ1) is 9.23. The summed E-state index contributed by atoms with van der Waals surface area (Å²) in [7, 11) is -0.763. The molecular weight excluding hydrogens is 164 g/mol. The zero-order valence-electron chi connectivity index (χ0n) is 7.29. The van der Waals surface area contributed by atoms with Crippen LogP contribution in [0, 0.1) is 0 Å². The number of rotatable bonds is 4. The van der Waals surface area contributed by atoms with Crippen molar-refractivity contribution in [3.8, 4) is 0 Å². The molecule has 12 heavy (non-hydrogen) atoms. The van der Waals surface area contributed by atoms with E-state index in [0.29, 0.717) is 6.61 Å². The van der Waals surface area contributed by atoms with Gasteiger partial charge in [-0.1, -0.05) is 36.0 Å². The Balaban J connectivity index is 2.38. The van der Waals surface area contributed by atoms with Crippen molar-refractivity contribution in [2.75, 3.05) is 0 Å². The van der Waals surface area contributed by atoms with E-state index in [0.717, 1.165) is 0 Å². The van der Waals surface area contributed by atoms with Crippen molar-refractivity contribution in [1.82, 2.24) is 0 Å². The van der Waals surface area contributed by atoms with Gasteiger partial charge in [-0.3, -0.25) is 0 Å². The van der Waals surface area contributed by atoms with Gasteiger partial charge in [-0.15, -0.1) is 6.58 Å². The predicted octanol–water partition coefficient (Wildman–Crippen LogP) is 2.55. The molecule has 0 spiro atoms. The minimum Gasteiger partial charge on any atom is -0.408 e. The van der Waals surface area contributed by atoms with Crippen LogP contribution in [-0.4, -0.2) is 9.04 Å². The van der Waals surface area contributed by atoms with E-state index in [4.69, 9.17) is 4.43 Å². The van der Waals surface area contributed by atoms with E-state index in [2.05, 4.69) is 25.3 Å². The first-order valence-electron chi connectivity index (χ1n) is 3.95. The van der Waals surface area contributed by atoms with Crippen molar-refractivity contribution in [3.05, 3.63) is 48.2 Å². The van der Waals surface area contributed by atoms with E-state index in [9.17, 15) is 0 Å². The third kappa shape index (κ3) is 3.03. The predicted molar refractivity (Wildman–Crippen MR) is 53.0 cm³/mol. The Hall–Kier alpha value is -0.863. The largest absolute Gasteiger partial charge is 0.408 e. The van der Waals surface area contributed by atoms with Crippen LogP contribution in [0.3, 0.4) is 0 Å². The molecule has 0 unspecified atom stereocenters. The molecule has 0 fully saturated rings. The summed E-state index contributed by atoms with van der Waals surface area (Å²) in [6, 6.07) is 10.2. The highest BCUT2D eigenvalue weighted by atomic mass is 28.3. The zero-order valence-corrected chi connectivity index (χ0v) is 8.29. The standard InChI is InChI=1S/C10H13OSi/c1-3-12(2)11-9-10-7-5-4-6-8-10/h3-8H,1,9H2,2H3. The summed E-state index contributed by atoms with van der Waals surface area (Å²) in [5.41, 5.74) is 3.12. The highest BCUT2D eigenvalue weighted by Gasteiger charge is 1.99. The molecule has 0 atom stereocenters. The van der Waals surface area contributed by atoms with Gasteiger partial charge in [-0.25, -0.2) is 0 Å². The monoisotopic (exact) mass is 177 g/mol. The van der Waals surface area contributed by atoms with Gasteiger partial charge in [0.25, 0.3) is 0 Å². The zero-order chi connectivity index (χ0) is 8.81. The van der Waals surface area contributed by atoms with Crippen molar-refractivity contribution in [3.63, 3.8) is 0 Å². The second-order valence-electron chi connectivity index (χ2n) is 2.59. The van der Waals surface area contributed by atoms with Crippen LogP contribution in [0.4, 0.5) is 0 Å². The summed E-state index contributed by atoms with van der Waals surface area (Å²) in [4.78, 5) is 0. The van der Waals surface area contributed by atoms with Crippen LogP contribution in [0.2, 0.25) is 6.55 Å². The molecule has 1 rings (SSSR count). The second-order valence-corrected chi connectivity index (χ2v) is 4.51. The highest BCUT2D eigenvalue weighted by molar-refractivity contribution is 6.55. The molecule has 0 aromatic heterocycles. The highest BCUT2D eigenvalue weighted by Crippen LogP contribution is 2.01. The molecule has 0 saturated heterocycles. The van der Waals surface area contributed by atoms with Crippen molar-refractivity contribution < 1.29 is 4.43 Å². The lowest BCUT2D eigenvalue weighted by atomic mass is 10.2. The number of benzene rings is 1. The molecule has 63 valence electrons. The maximum atomic E-state index is 5.56. The summed E-state index contributed by atoms with van der Waals surface area (Å²) < 4.78 is 5.56. The van der Waals surface area contributed by atoms with Gasteiger partial charge in [0.05, 0.1) is 6.61 Å². The molecule has 0 aliphatic rings. The maximum absolute atomic E-state index is 5.56. The number of hydrogen-bond acceptors (Lipinski definition) is 1. The Morgan fingerprint density at radius 3 is 2.67 bits per heavy atom. The van der Waals surface area contributed by atoms with Gasteiger partial charge in [-0.2, -0.15) is 0 Å². The van der Waals surface area contributed by atoms with Crippen molar-refractivity contribution in [1.29, 1.82) is 0 Å². The van der Waals surface area contributed by atoms with E-state index in [-0.39, 0.29) is 0 Å². The van der Waals surface area contributed by atoms with Gasteiger partial charge in [0, 0.05) is 0 Å². The Bertz CT molecular complexity index is 233. The van der Waals surface area contributed by atoms with Gasteiger partial charge >= 0.3 is 0 Å². The Kier molecular flexibility index (Phi) is 3.77. The van der Waals surface area contributed by atoms with Crippen molar-refractivity contribution in [2.24, 2.45) is 0 Å². The Morgan fingerprint density at radius 2 is 2.08 bits per heavy atom. The number of hydrogen-bond donors (Lipinski definition) is 0. The van der Waals surface area contributed by atoms with Crippen molar-refractivity contribution >= 4 is 9.04 Å². The van der Waals surface area contributed by atoms with Crippen LogP contribution < -0.4 is 0 Å².